The molecule has 2 rings (SSSR count). The SMILES string of the molecule is CC(C)C1CCCC(O)(Cc2ccc(Br)cc2)C1. The maximum Gasteiger partial charge on any atom is 0.0690 e. The molecule has 1 saturated carbocycles. The predicted molar refractivity (Wildman–Crippen MR) is 79.6 cm³/mol. The van der Waals surface area contributed by atoms with Crippen LogP contribution in [0.25, 0.3) is 0 Å². The fourth-order valence-electron chi connectivity index (χ4n) is 3.10. The number of hydrogen-bond acceptors (Lipinski definition) is 1. The summed E-state index contributed by atoms with van der Waals surface area (Å²) in [6, 6.07) is 8.34. The minimum Gasteiger partial charge on any atom is -0.390 e. The lowest BCUT2D eigenvalue weighted by molar-refractivity contribution is -0.0239. The van der Waals surface area contributed by atoms with Crippen molar-refractivity contribution in [2.24, 2.45) is 11.8 Å². The first-order valence-electron chi connectivity index (χ1n) is 6.95. The Kier molecular flexibility index (Phi) is 4.50. The van der Waals surface area contributed by atoms with E-state index < -0.39 is 5.60 Å². The zero-order chi connectivity index (χ0) is 13.2. The molecule has 0 saturated heterocycles. The third kappa shape index (κ3) is 3.58. The van der Waals surface area contributed by atoms with Gasteiger partial charge >= 0.3 is 0 Å². The van der Waals surface area contributed by atoms with Gasteiger partial charge in [0.1, 0.15) is 0 Å². The minimum atomic E-state index is -0.485. The molecule has 18 heavy (non-hydrogen) atoms. The maximum absolute atomic E-state index is 10.8. The average Bonchev–Trinajstić information content (AvgIpc) is 2.32. The first kappa shape index (κ1) is 14.1. The summed E-state index contributed by atoms with van der Waals surface area (Å²) in [7, 11) is 0. The lowest BCUT2D eigenvalue weighted by atomic mass is 9.71. The van der Waals surface area contributed by atoms with Gasteiger partial charge in [-0.15, -0.1) is 0 Å². The standard InChI is InChI=1S/C16H23BrO/c1-12(2)14-4-3-9-16(18,11-14)10-13-5-7-15(17)8-6-13/h5-8,12,14,18H,3-4,9-11H2,1-2H3. The first-order chi connectivity index (χ1) is 8.48. The number of halogens is 1. The van der Waals surface area contributed by atoms with Crippen LogP contribution >= 0.6 is 15.9 Å². The van der Waals surface area contributed by atoms with Gasteiger partial charge in [-0.1, -0.05) is 48.3 Å². The van der Waals surface area contributed by atoms with Crippen molar-refractivity contribution in [3.8, 4) is 0 Å². The molecule has 1 aromatic carbocycles. The number of benzene rings is 1. The minimum absolute atomic E-state index is 0.485. The Morgan fingerprint density at radius 1 is 1.33 bits per heavy atom. The maximum atomic E-state index is 10.8. The molecule has 1 fully saturated rings. The molecule has 1 N–H and O–H groups in total. The van der Waals surface area contributed by atoms with Crippen LogP contribution < -0.4 is 0 Å². The van der Waals surface area contributed by atoms with Gasteiger partial charge in [-0.3, -0.25) is 0 Å². The molecule has 0 aromatic heterocycles. The molecule has 1 aliphatic rings. The molecule has 0 aliphatic heterocycles. The lowest BCUT2D eigenvalue weighted by Gasteiger charge is -2.38. The van der Waals surface area contributed by atoms with Crippen LogP contribution in [0.4, 0.5) is 0 Å². The van der Waals surface area contributed by atoms with Crippen molar-refractivity contribution >= 4 is 15.9 Å². The van der Waals surface area contributed by atoms with E-state index in [1.54, 1.807) is 0 Å². The number of hydrogen-bond donors (Lipinski definition) is 1. The molecule has 1 aliphatic carbocycles. The normalized spacial score (nSPS) is 28.6. The van der Waals surface area contributed by atoms with Crippen molar-refractivity contribution < 1.29 is 5.11 Å². The Morgan fingerprint density at radius 3 is 2.61 bits per heavy atom. The Morgan fingerprint density at radius 2 is 2.00 bits per heavy atom. The van der Waals surface area contributed by atoms with E-state index in [9.17, 15) is 5.11 Å². The van der Waals surface area contributed by atoms with Crippen LogP contribution in [0.1, 0.15) is 45.1 Å². The van der Waals surface area contributed by atoms with Crippen molar-refractivity contribution in [1.82, 2.24) is 0 Å². The number of aliphatic hydroxyl groups is 1. The Labute approximate surface area is 119 Å². The molecule has 2 unspecified atom stereocenters. The molecule has 2 atom stereocenters. The van der Waals surface area contributed by atoms with Crippen LogP contribution in [0.2, 0.25) is 0 Å². The summed E-state index contributed by atoms with van der Waals surface area (Å²) in [5.41, 5.74) is 0.756. The van der Waals surface area contributed by atoms with Gasteiger partial charge < -0.3 is 5.11 Å². The van der Waals surface area contributed by atoms with E-state index in [2.05, 4.69) is 54.0 Å². The summed E-state index contributed by atoms with van der Waals surface area (Å²) in [5.74, 6) is 1.36. The first-order valence-corrected chi connectivity index (χ1v) is 7.75. The highest BCUT2D eigenvalue weighted by Gasteiger charge is 2.35. The summed E-state index contributed by atoms with van der Waals surface area (Å²) >= 11 is 3.45. The van der Waals surface area contributed by atoms with Gasteiger partial charge in [-0.05, 0) is 48.8 Å². The average molecular weight is 311 g/mol. The molecule has 0 radical (unpaired) electrons. The van der Waals surface area contributed by atoms with Crippen molar-refractivity contribution in [3.63, 3.8) is 0 Å². The predicted octanol–water partition coefficient (Wildman–Crippen LogP) is 4.57. The van der Waals surface area contributed by atoms with Gasteiger partial charge in [0.15, 0.2) is 0 Å². The van der Waals surface area contributed by atoms with E-state index in [1.807, 2.05) is 0 Å². The van der Waals surface area contributed by atoms with Crippen molar-refractivity contribution in [3.05, 3.63) is 34.3 Å². The second kappa shape index (κ2) is 5.75. The van der Waals surface area contributed by atoms with Crippen molar-refractivity contribution in [2.45, 2.75) is 51.6 Å². The molecule has 1 aromatic rings. The topological polar surface area (TPSA) is 20.2 Å². The van der Waals surface area contributed by atoms with Crippen molar-refractivity contribution in [2.75, 3.05) is 0 Å². The quantitative estimate of drug-likeness (QED) is 0.867. The van der Waals surface area contributed by atoms with Crippen molar-refractivity contribution in [1.29, 1.82) is 0 Å². The number of rotatable bonds is 3. The molecule has 100 valence electrons. The lowest BCUT2D eigenvalue weighted by Crippen LogP contribution is -2.38. The highest BCUT2D eigenvalue weighted by atomic mass is 79.9. The van der Waals surface area contributed by atoms with Crippen LogP contribution in [-0.2, 0) is 6.42 Å². The van der Waals surface area contributed by atoms with Crippen LogP contribution in [0.15, 0.2) is 28.7 Å². The van der Waals surface area contributed by atoms with Crippen LogP contribution in [0, 0.1) is 11.8 Å². The molecule has 0 heterocycles. The fourth-order valence-corrected chi connectivity index (χ4v) is 3.36. The molecule has 1 nitrogen and oxygen atoms in total. The third-order valence-corrected chi connectivity index (χ3v) is 4.78. The van der Waals surface area contributed by atoms with Gasteiger partial charge in [-0.2, -0.15) is 0 Å². The second-order valence-corrected chi connectivity index (χ2v) is 7.04. The third-order valence-electron chi connectivity index (χ3n) is 4.25. The Balaban J connectivity index is 2.04. The van der Waals surface area contributed by atoms with Gasteiger partial charge in [0.25, 0.3) is 0 Å². The summed E-state index contributed by atoms with van der Waals surface area (Å²) < 4.78 is 1.10. The Hall–Kier alpha value is -0.340. The molecule has 0 spiro atoms. The van der Waals surface area contributed by atoms with Gasteiger partial charge in [0.2, 0.25) is 0 Å². The smallest absolute Gasteiger partial charge is 0.0690 e. The van der Waals surface area contributed by atoms with Crippen LogP contribution in [0.5, 0.6) is 0 Å². The van der Waals surface area contributed by atoms with E-state index in [1.165, 1.54) is 12.0 Å². The summed E-state index contributed by atoms with van der Waals surface area (Å²) in [6.45, 7) is 4.55. The second-order valence-electron chi connectivity index (χ2n) is 6.13. The highest BCUT2D eigenvalue weighted by Crippen LogP contribution is 2.38. The van der Waals surface area contributed by atoms with E-state index in [0.29, 0.717) is 11.8 Å². The van der Waals surface area contributed by atoms with Crippen LogP contribution in [0.3, 0.4) is 0 Å². The van der Waals surface area contributed by atoms with Gasteiger partial charge in [0, 0.05) is 10.9 Å². The van der Waals surface area contributed by atoms with E-state index >= 15 is 0 Å². The van der Waals surface area contributed by atoms with Gasteiger partial charge in [0.05, 0.1) is 5.60 Å². The van der Waals surface area contributed by atoms with Gasteiger partial charge in [-0.25, -0.2) is 0 Å². The molecular formula is C16H23BrO. The van der Waals surface area contributed by atoms with E-state index in [-0.39, 0.29) is 0 Å². The van der Waals surface area contributed by atoms with E-state index in [0.717, 1.165) is 30.2 Å². The molecule has 0 amide bonds. The zero-order valence-corrected chi connectivity index (χ0v) is 12.9. The zero-order valence-electron chi connectivity index (χ0n) is 11.3. The highest BCUT2D eigenvalue weighted by molar-refractivity contribution is 9.10. The largest absolute Gasteiger partial charge is 0.390 e. The summed E-state index contributed by atoms with van der Waals surface area (Å²) in [5, 5.41) is 10.8. The van der Waals surface area contributed by atoms with Crippen LogP contribution in [-0.4, -0.2) is 10.7 Å². The summed E-state index contributed by atoms with van der Waals surface area (Å²) in [6.07, 6.45) is 5.15. The fraction of sp³-hybridized carbons (Fsp3) is 0.625. The molecular weight excluding hydrogens is 288 g/mol. The summed E-state index contributed by atoms with van der Waals surface area (Å²) in [4.78, 5) is 0. The monoisotopic (exact) mass is 310 g/mol. The molecule has 0 bridgehead atoms. The molecule has 2 heteroatoms. The van der Waals surface area contributed by atoms with E-state index in [4.69, 9.17) is 0 Å². The Bertz CT molecular complexity index is 385.